The van der Waals surface area contributed by atoms with Gasteiger partial charge in [0.1, 0.15) is 6.61 Å². The van der Waals surface area contributed by atoms with Crippen molar-refractivity contribution in [1.29, 1.82) is 0 Å². The Kier molecular flexibility index (Phi) is 3.72. The van der Waals surface area contributed by atoms with Gasteiger partial charge in [0.05, 0.1) is 44.3 Å². The molecule has 1 N–H and O–H groups in total. The molecule has 0 fully saturated rings. The summed E-state index contributed by atoms with van der Waals surface area (Å²) in [6, 6.07) is 3.63. The first kappa shape index (κ1) is 13.4. The number of pyridine rings is 1. The first-order chi connectivity index (χ1) is 10.3. The molecule has 0 unspecified atom stereocenters. The van der Waals surface area contributed by atoms with E-state index in [2.05, 4.69) is 24.6 Å². The maximum atomic E-state index is 11.4. The number of aromatic nitrogens is 3. The summed E-state index contributed by atoms with van der Waals surface area (Å²) < 4.78 is 10.3. The zero-order valence-electron chi connectivity index (χ0n) is 11.7. The molecule has 3 rings (SSSR count). The molecule has 1 aliphatic heterocycles. The zero-order valence-corrected chi connectivity index (χ0v) is 11.7. The van der Waals surface area contributed by atoms with Gasteiger partial charge in [-0.2, -0.15) is 0 Å². The van der Waals surface area contributed by atoms with Crippen LogP contribution in [0.25, 0.3) is 0 Å². The van der Waals surface area contributed by atoms with E-state index in [1.807, 2.05) is 6.07 Å². The van der Waals surface area contributed by atoms with Crippen molar-refractivity contribution in [2.24, 2.45) is 0 Å². The molecule has 0 spiro atoms. The highest BCUT2D eigenvalue weighted by Gasteiger charge is 2.21. The minimum Gasteiger partial charge on any atom is -0.488 e. The smallest absolute Gasteiger partial charge is 0.311 e. The number of imidazole rings is 1. The van der Waals surface area contributed by atoms with E-state index < -0.39 is 0 Å². The summed E-state index contributed by atoms with van der Waals surface area (Å²) in [6.07, 6.45) is 3.59. The number of fused-ring (bicyclic) bond motifs is 1. The normalized spacial score (nSPS) is 13.5. The molecule has 7 nitrogen and oxygen atoms in total. The van der Waals surface area contributed by atoms with Gasteiger partial charge in [-0.3, -0.25) is 4.79 Å². The van der Waals surface area contributed by atoms with Crippen molar-refractivity contribution in [3.05, 3.63) is 36.0 Å². The average Bonchev–Trinajstić information content (AvgIpc) is 3.01. The number of H-pyrrole nitrogens is 1. The summed E-state index contributed by atoms with van der Waals surface area (Å²) in [6.45, 7) is 2.02. The number of carbonyl (C=O) groups excluding carboxylic acids is 1. The Balaban J connectivity index is 1.84. The van der Waals surface area contributed by atoms with Crippen LogP contribution in [0.4, 0.5) is 5.82 Å². The van der Waals surface area contributed by atoms with Crippen molar-refractivity contribution in [1.82, 2.24) is 15.0 Å². The molecule has 0 saturated carbocycles. The molecular formula is C14H16N4O3. The van der Waals surface area contributed by atoms with Crippen LogP contribution >= 0.6 is 0 Å². The molecule has 21 heavy (non-hydrogen) atoms. The Morgan fingerprint density at radius 3 is 3.19 bits per heavy atom. The van der Waals surface area contributed by atoms with Crippen molar-refractivity contribution in [3.63, 3.8) is 0 Å². The number of anilines is 1. The van der Waals surface area contributed by atoms with Crippen molar-refractivity contribution >= 4 is 11.8 Å². The van der Waals surface area contributed by atoms with E-state index in [4.69, 9.17) is 4.74 Å². The third-order valence-corrected chi connectivity index (χ3v) is 3.28. The fourth-order valence-electron chi connectivity index (χ4n) is 2.23. The van der Waals surface area contributed by atoms with Crippen LogP contribution in [-0.4, -0.2) is 41.2 Å². The Morgan fingerprint density at radius 2 is 2.43 bits per heavy atom. The highest BCUT2D eigenvalue weighted by atomic mass is 16.5. The molecular weight excluding hydrogens is 272 g/mol. The third-order valence-electron chi connectivity index (χ3n) is 3.28. The molecule has 0 radical (unpaired) electrons. The predicted molar refractivity (Wildman–Crippen MR) is 75.1 cm³/mol. The number of ether oxygens (including phenoxy) is 2. The van der Waals surface area contributed by atoms with Gasteiger partial charge in [0, 0.05) is 6.20 Å². The van der Waals surface area contributed by atoms with E-state index in [0.29, 0.717) is 18.8 Å². The summed E-state index contributed by atoms with van der Waals surface area (Å²) in [5, 5.41) is 0. The third kappa shape index (κ3) is 2.96. The highest BCUT2D eigenvalue weighted by Crippen LogP contribution is 2.30. The first-order valence-corrected chi connectivity index (χ1v) is 6.68. The Bertz CT molecular complexity index is 627. The van der Waals surface area contributed by atoms with Gasteiger partial charge in [-0.1, -0.05) is 0 Å². The largest absolute Gasteiger partial charge is 0.488 e. The van der Waals surface area contributed by atoms with Crippen LogP contribution in [0.2, 0.25) is 0 Å². The molecule has 0 aromatic carbocycles. The van der Waals surface area contributed by atoms with Gasteiger partial charge in [-0.25, -0.2) is 9.97 Å². The van der Waals surface area contributed by atoms with E-state index in [0.717, 1.165) is 23.8 Å². The molecule has 0 amide bonds. The fourth-order valence-corrected chi connectivity index (χ4v) is 2.23. The molecule has 7 heteroatoms. The van der Waals surface area contributed by atoms with Gasteiger partial charge in [-0.05, 0) is 12.1 Å². The van der Waals surface area contributed by atoms with E-state index in [-0.39, 0.29) is 12.4 Å². The summed E-state index contributed by atoms with van der Waals surface area (Å²) >= 11 is 0. The summed E-state index contributed by atoms with van der Waals surface area (Å²) in [5.41, 5.74) is 1.67. The summed E-state index contributed by atoms with van der Waals surface area (Å²) in [7, 11) is 1.37. The van der Waals surface area contributed by atoms with E-state index in [1.165, 1.54) is 7.11 Å². The SMILES string of the molecule is COC(=O)Cc1ccc2c(n1)N(Cc1cnc[nH]1)CCO2. The lowest BCUT2D eigenvalue weighted by atomic mass is 10.2. The van der Waals surface area contributed by atoms with E-state index >= 15 is 0 Å². The molecule has 2 aromatic heterocycles. The first-order valence-electron chi connectivity index (χ1n) is 6.68. The van der Waals surface area contributed by atoms with Crippen molar-refractivity contribution in [2.45, 2.75) is 13.0 Å². The van der Waals surface area contributed by atoms with Gasteiger partial charge in [-0.15, -0.1) is 0 Å². The predicted octanol–water partition coefficient (Wildman–Crippen LogP) is 0.919. The molecule has 110 valence electrons. The van der Waals surface area contributed by atoms with Crippen LogP contribution in [-0.2, 0) is 22.5 Å². The van der Waals surface area contributed by atoms with Crippen molar-refractivity contribution < 1.29 is 14.3 Å². The maximum Gasteiger partial charge on any atom is 0.311 e. The second-order valence-corrected chi connectivity index (χ2v) is 4.72. The number of nitrogens with zero attached hydrogens (tertiary/aromatic N) is 3. The molecule has 1 aliphatic rings. The lowest BCUT2D eigenvalue weighted by molar-refractivity contribution is -0.139. The Morgan fingerprint density at radius 1 is 1.52 bits per heavy atom. The van der Waals surface area contributed by atoms with Crippen LogP contribution < -0.4 is 9.64 Å². The fraction of sp³-hybridized carbons (Fsp3) is 0.357. The lowest BCUT2D eigenvalue weighted by Crippen LogP contribution is -2.33. The van der Waals surface area contributed by atoms with Crippen LogP contribution in [0.1, 0.15) is 11.4 Å². The molecule has 0 aliphatic carbocycles. The van der Waals surface area contributed by atoms with Crippen LogP contribution in [0.5, 0.6) is 5.75 Å². The molecule has 3 heterocycles. The van der Waals surface area contributed by atoms with Crippen molar-refractivity contribution in [2.75, 3.05) is 25.2 Å². The van der Waals surface area contributed by atoms with E-state index in [9.17, 15) is 4.79 Å². The summed E-state index contributed by atoms with van der Waals surface area (Å²) in [5.74, 6) is 1.17. The Hall–Kier alpha value is -2.57. The lowest BCUT2D eigenvalue weighted by Gasteiger charge is -2.29. The van der Waals surface area contributed by atoms with Crippen LogP contribution in [0, 0.1) is 0 Å². The summed E-state index contributed by atoms with van der Waals surface area (Å²) in [4.78, 5) is 25.1. The number of esters is 1. The quantitative estimate of drug-likeness (QED) is 0.843. The minimum absolute atomic E-state index is 0.154. The van der Waals surface area contributed by atoms with Gasteiger partial charge in [0.15, 0.2) is 11.6 Å². The van der Waals surface area contributed by atoms with Crippen LogP contribution in [0.15, 0.2) is 24.7 Å². The maximum absolute atomic E-state index is 11.4. The van der Waals surface area contributed by atoms with Gasteiger partial charge in [0.25, 0.3) is 0 Å². The zero-order chi connectivity index (χ0) is 14.7. The highest BCUT2D eigenvalue weighted by molar-refractivity contribution is 5.72. The van der Waals surface area contributed by atoms with Gasteiger partial charge < -0.3 is 19.4 Å². The molecule has 2 aromatic rings. The number of carbonyl (C=O) groups is 1. The second-order valence-electron chi connectivity index (χ2n) is 4.72. The average molecular weight is 288 g/mol. The minimum atomic E-state index is -0.306. The van der Waals surface area contributed by atoms with Crippen molar-refractivity contribution in [3.8, 4) is 5.75 Å². The number of hydrogen-bond donors (Lipinski definition) is 1. The van der Waals surface area contributed by atoms with Gasteiger partial charge in [0.2, 0.25) is 0 Å². The number of aromatic amines is 1. The number of hydrogen-bond acceptors (Lipinski definition) is 6. The molecule has 0 saturated heterocycles. The molecule has 0 atom stereocenters. The van der Waals surface area contributed by atoms with E-state index in [1.54, 1.807) is 18.6 Å². The number of rotatable bonds is 4. The monoisotopic (exact) mass is 288 g/mol. The van der Waals surface area contributed by atoms with Crippen LogP contribution in [0.3, 0.4) is 0 Å². The molecule has 0 bridgehead atoms. The second kappa shape index (κ2) is 5.82. The topological polar surface area (TPSA) is 80.3 Å². The number of methoxy groups -OCH3 is 1. The Labute approximate surface area is 121 Å². The van der Waals surface area contributed by atoms with Gasteiger partial charge >= 0.3 is 5.97 Å². The standard InChI is InChI=1S/C14H16N4O3/c1-20-13(19)6-10-2-3-12-14(17-10)18(4-5-21-12)8-11-7-15-9-16-11/h2-3,7,9H,4-6,8H2,1H3,(H,15,16). The number of nitrogens with one attached hydrogen (secondary N) is 1.